The van der Waals surface area contributed by atoms with Gasteiger partial charge in [0.15, 0.2) is 5.82 Å². The number of nitrogens with one attached hydrogen (secondary N) is 3. The second-order valence-electron chi connectivity index (χ2n) is 5.22. The van der Waals surface area contributed by atoms with Crippen LogP contribution in [0, 0.1) is 11.6 Å². The van der Waals surface area contributed by atoms with Crippen molar-refractivity contribution in [3.05, 3.63) is 40.6 Å². The molecule has 1 aliphatic heterocycles. The van der Waals surface area contributed by atoms with Gasteiger partial charge in [-0.3, -0.25) is 10.4 Å². The number of carbonyl (C=O) groups excluding carboxylic acids is 1. The summed E-state index contributed by atoms with van der Waals surface area (Å²) in [6, 6.07) is -0.858. The molecule has 2 amide bonds. The second kappa shape index (κ2) is 6.31. The number of rotatable bonds is 2. The topological polar surface area (TPSA) is 79.0 Å². The average molecular weight is 362 g/mol. The Morgan fingerprint density at radius 2 is 1.88 bits per heavy atom. The molecule has 134 valence electrons. The first kappa shape index (κ1) is 17.1. The minimum Gasteiger partial charge on any atom is -0.376 e. The van der Waals surface area contributed by atoms with Crippen LogP contribution >= 0.6 is 0 Å². The molecule has 2 heterocycles. The van der Waals surface area contributed by atoms with E-state index in [0.717, 1.165) is 5.69 Å². The van der Waals surface area contributed by atoms with E-state index in [-0.39, 0.29) is 24.6 Å². The molecule has 2 aromatic rings. The molecule has 0 fully saturated rings. The van der Waals surface area contributed by atoms with Gasteiger partial charge in [-0.15, -0.1) is 0 Å². The van der Waals surface area contributed by atoms with E-state index in [1.54, 1.807) is 0 Å². The summed E-state index contributed by atoms with van der Waals surface area (Å²) >= 11 is 0. The number of urea groups is 1. The highest BCUT2D eigenvalue weighted by Crippen LogP contribution is 2.33. The van der Waals surface area contributed by atoms with Gasteiger partial charge in [-0.25, -0.2) is 13.6 Å². The van der Waals surface area contributed by atoms with Crippen molar-refractivity contribution in [2.24, 2.45) is 0 Å². The van der Waals surface area contributed by atoms with Crippen LogP contribution in [-0.4, -0.2) is 22.8 Å². The van der Waals surface area contributed by atoms with E-state index in [1.807, 2.05) is 5.32 Å². The molecule has 1 aliphatic rings. The van der Waals surface area contributed by atoms with E-state index in [2.05, 4.69) is 15.5 Å². The van der Waals surface area contributed by atoms with Crippen molar-refractivity contribution in [3.8, 4) is 0 Å². The molecule has 0 unspecified atom stereocenters. The highest BCUT2D eigenvalue weighted by molar-refractivity contribution is 5.99. The number of halogens is 5. The molecule has 6 nitrogen and oxygen atoms in total. The lowest BCUT2D eigenvalue weighted by Crippen LogP contribution is -2.23. The lowest BCUT2D eigenvalue weighted by molar-refractivity contribution is -0.137. The van der Waals surface area contributed by atoms with Crippen molar-refractivity contribution in [1.82, 2.24) is 10.2 Å². The number of carbonyl (C=O) groups is 1. The van der Waals surface area contributed by atoms with Crippen LogP contribution in [0.5, 0.6) is 0 Å². The maximum atomic E-state index is 13.7. The number of aromatic nitrogens is 2. The normalized spacial score (nSPS) is 14.1. The molecule has 0 saturated heterocycles. The first-order valence-electron chi connectivity index (χ1n) is 7.04. The molecule has 0 radical (unpaired) electrons. The fourth-order valence-electron chi connectivity index (χ4n) is 2.32. The standard InChI is InChI=1S/C14H11F5N4O2/c15-8-3-6(14(17,18)19)4-9(16)11(8)20-13(24)21-12-7-5-25-2-1-10(7)22-23-12/h3-4H,1-2,5H2,(H3,20,21,22,23,24). The van der Waals surface area contributed by atoms with Crippen molar-refractivity contribution in [1.29, 1.82) is 0 Å². The van der Waals surface area contributed by atoms with Crippen molar-refractivity contribution in [3.63, 3.8) is 0 Å². The van der Waals surface area contributed by atoms with E-state index in [0.29, 0.717) is 18.6 Å². The van der Waals surface area contributed by atoms with Crippen molar-refractivity contribution in [2.45, 2.75) is 19.2 Å². The van der Waals surface area contributed by atoms with Gasteiger partial charge in [-0.1, -0.05) is 0 Å². The maximum absolute atomic E-state index is 13.7. The van der Waals surface area contributed by atoms with Crippen LogP contribution in [0.2, 0.25) is 0 Å². The van der Waals surface area contributed by atoms with Crippen LogP contribution < -0.4 is 10.6 Å². The molecule has 0 saturated carbocycles. The Hall–Kier alpha value is -2.69. The molecular formula is C14H11F5N4O2. The first-order valence-corrected chi connectivity index (χ1v) is 7.04. The number of ether oxygens (including phenoxy) is 1. The van der Waals surface area contributed by atoms with Crippen LogP contribution in [-0.2, 0) is 23.9 Å². The van der Waals surface area contributed by atoms with Gasteiger partial charge in [0.1, 0.15) is 17.3 Å². The van der Waals surface area contributed by atoms with Gasteiger partial charge in [0.05, 0.1) is 18.8 Å². The summed E-state index contributed by atoms with van der Waals surface area (Å²) in [5, 5.41) is 10.7. The van der Waals surface area contributed by atoms with E-state index in [4.69, 9.17) is 4.74 Å². The monoisotopic (exact) mass is 362 g/mol. The summed E-state index contributed by atoms with van der Waals surface area (Å²) in [5.74, 6) is -2.98. The van der Waals surface area contributed by atoms with Crippen molar-refractivity contribution in [2.75, 3.05) is 17.2 Å². The van der Waals surface area contributed by atoms with Crippen LogP contribution in [0.1, 0.15) is 16.8 Å². The molecule has 3 rings (SSSR count). The summed E-state index contributed by atoms with van der Waals surface area (Å²) < 4.78 is 70.2. The fourth-order valence-corrected chi connectivity index (χ4v) is 2.32. The third kappa shape index (κ3) is 3.55. The summed E-state index contributed by atoms with van der Waals surface area (Å²) in [7, 11) is 0. The van der Waals surface area contributed by atoms with Gasteiger partial charge in [0.2, 0.25) is 0 Å². The fraction of sp³-hybridized carbons (Fsp3) is 0.286. The molecular weight excluding hydrogens is 351 g/mol. The zero-order valence-electron chi connectivity index (χ0n) is 12.4. The molecule has 0 atom stereocenters. The highest BCUT2D eigenvalue weighted by atomic mass is 19.4. The van der Waals surface area contributed by atoms with Gasteiger partial charge in [-0.2, -0.15) is 18.3 Å². The van der Waals surface area contributed by atoms with E-state index >= 15 is 0 Å². The Morgan fingerprint density at radius 1 is 1.20 bits per heavy atom. The molecule has 0 spiro atoms. The highest BCUT2D eigenvalue weighted by Gasteiger charge is 2.33. The Bertz CT molecular complexity index is 795. The Kier molecular flexibility index (Phi) is 4.33. The van der Waals surface area contributed by atoms with Gasteiger partial charge >= 0.3 is 12.2 Å². The van der Waals surface area contributed by atoms with Crippen LogP contribution in [0.25, 0.3) is 0 Å². The molecule has 25 heavy (non-hydrogen) atoms. The molecule has 0 aliphatic carbocycles. The minimum atomic E-state index is -4.91. The zero-order chi connectivity index (χ0) is 18.2. The Labute approximate surface area is 137 Å². The summed E-state index contributed by atoms with van der Waals surface area (Å²) in [6.45, 7) is 0.688. The first-order chi connectivity index (χ1) is 11.8. The van der Waals surface area contributed by atoms with E-state index in [1.165, 1.54) is 0 Å². The van der Waals surface area contributed by atoms with Gasteiger partial charge in [0.25, 0.3) is 0 Å². The van der Waals surface area contributed by atoms with Gasteiger partial charge in [0, 0.05) is 17.7 Å². The molecule has 1 aromatic heterocycles. The molecule has 0 bridgehead atoms. The lowest BCUT2D eigenvalue weighted by Gasteiger charge is -2.14. The van der Waals surface area contributed by atoms with Crippen molar-refractivity contribution < 1.29 is 31.5 Å². The summed E-state index contributed by atoms with van der Waals surface area (Å²) in [6.07, 6.45) is -4.34. The number of H-pyrrole nitrogens is 1. The predicted molar refractivity (Wildman–Crippen MR) is 75.9 cm³/mol. The predicted octanol–water partition coefficient (Wildman–Crippen LogP) is 3.42. The van der Waals surface area contributed by atoms with Gasteiger partial charge < -0.3 is 10.1 Å². The number of hydrogen-bond acceptors (Lipinski definition) is 3. The van der Waals surface area contributed by atoms with E-state index < -0.39 is 35.1 Å². The second-order valence-corrected chi connectivity index (χ2v) is 5.22. The number of alkyl halides is 3. The number of aromatic amines is 1. The summed E-state index contributed by atoms with van der Waals surface area (Å²) in [4.78, 5) is 11.9. The Morgan fingerprint density at radius 3 is 2.52 bits per heavy atom. The SMILES string of the molecule is O=C(Nc1n[nH]c2c1COCC2)Nc1c(F)cc(C(F)(F)F)cc1F. The largest absolute Gasteiger partial charge is 0.416 e. The molecule has 3 N–H and O–H groups in total. The maximum Gasteiger partial charge on any atom is 0.416 e. The quantitative estimate of drug-likeness (QED) is 0.717. The number of benzene rings is 1. The smallest absolute Gasteiger partial charge is 0.376 e. The van der Waals surface area contributed by atoms with Crippen LogP contribution in [0.3, 0.4) is 0 Å². The summed E-state index contributed by atoms with van der Waals surface area (Å²) in [5.41, 5.74) is -1.14. The van der Waals surface area contributed by atoms with Gasteiger partial charge in [-0.05, 0) is 12.1 Å². The number of hydrogen-bond donors (Lipinski definition) is 3. The molecule has 11 heteroatoms. The van der Waals surface area contributed by atoms with Crippen molar-refractivity contribution >= 4 is 17.5 Å². The van der Waals surface area contributed by atoms with Crippen LogP contribution in [0.15, 0.2) is 12.1 Å². The number of anilines is 2. The lowest BCUT2D eigenvalue weighted by atomic mass is 10.1. The number of fused-ring (bicyclic) bond motifs is 1. The average Bonchev–Trinajstić information content (AvgIpc) is 2.93. The molecule has 1 aromatic carbocycles. The van der Waals surface area contributed by atoms with Crippen LogP contribution in [0.4, 0.5) is 38.3 Å². The number of nitrogens with zero attached hydrogens (tertiary/aromatic N) is 1. The minimum absolute atomic E-state index is 0.100. The third-order valence-corrected chi connectivity index (χ3v) is 3.54. The van der Waals surface area contributed by atoms with E-state index in [9.17, 15) is 26.7 Å². The number of amides is 2. The zero-order valence-corrected chi connectivity index (χ0v) is 12.4. The Balaban J connectivity index is 1.76. The third-order valence-electron chi connectivity index (χ3n) is 3.54.